The second-order valence-electron chi connectivity index (χ2n) is 13.2. The number of fused-ring (bicyclic) bond motifs is 2. The van der Waals surface area contributed by atoms with Gasteiger partial charge in [0.15, 0.2) is 5.71 Å². The predicted octanol–water partition coefficient (Wildman–Crippen LogP) is 3.44. The molecule has 0 bridgehead atoms. The average Bonchev–Trinajstić information content (AvgIpc) is 3.33. The molecule has 0 aliphatic carbocycles. The van der Waals surface area contributed by atoms with Gasteiger partial charge in [-0.3, -0.25) is 23.0 Å². The molecule has 2 heterocycles. The van der Waals surface area contributed by atoms with E-state index in [4.69, 9.17) is 4.74 Å². The molecule has 0 saturated carbocycles. The molecule has 2 aromatic rings. The first-order chi connectivity index (χ1) is 23.8. The molecule has 2 aromatic carbocycles. The monoisotopic (exact) mass is 803 g/mol. The van der Waals surface area contributed by atoms with Crippen molar-refractivity contribution in [3.8, 4) is 5.75 Å². The van der Waals surface area contributed by atoms with Crippen LogP contribution in [0.1, 0.15) is 51.7 Å². The maximum Gasteiger partial charge on any atom is 0.298 e. The van der Waals surface area contributed by atoms with Gasteiger partial charge in [0, 0.05) is 53.0 Å². The normalized spacial score (nSPS) is 18.1. The van der Waals surface area contributed by atoms with E-state index < -0.39 is 72.6 Å². The maximum absolute atomic E-state index is 12.5. The van der Waals surface area contributed by atoms with Crippen molar-refractivity contribution in [2.24, 2.45) is 0 Å². The lowest BCUT2D eigenvalue weighted by molar-refractivity contribution is -0.437. The van der Waals surface area contributed by atoms with Gasteiger partial charge in [-0.2, -0.15) is 38.2 Å². The number of anilines is 1. The third-order valence-electron chi connectivity index (χ3n) is 8.82. The van der Waals surface area contributed by atoms with Crippen LogP contribution in [-0.2, 0) is 56.1 Å². The number of allylic oxidation sites excluding steroid dienone is 6. The highest BCUT2D eigenvalue weighted by atomic mass is 32.2. The van der Waals surface area contributed by atoms with Crippen molar-refractivity contribution in [2.75, 3.05) is 29.5 Å². The highest BCUT2D eigenvalue weighted by Gasteiger charge is 2.46. The molecule has 0 saturated heterocycles. The minimum absolute atomic E-state index is 0.0102. The molecule has 4 N–H and O–H groups in total. The minimum Gasteiger partial charge on any atom is -0.429 e. The molecule has 0 unspecified atom stereocenters. The van der Waals surface area contributed by atoms with E-state index >= 15 is 0 Å². The molecule has 4 rings (SSSR count). The molecule has 20 heteroatoms. The number of carbonyl (C=O) groups is 1. The Bertz CT molecular complexity index is 2360. The van der Waals surface area contributed by atoms with E-state index in [1.807, 2.05) is 18.4 Å². The van der Waals surface area contributed by atoms with E-state index in [0.29, 0.717) is 24.0 Å². The van der Waals surface area contributed by atoms with Crippen molar-refractivity contribution in [3.05, 3.63) is 77.5 Å². The molecular weight excluding hydrogens is 765 g/mol. The first-order valence-corrected chi connectivity index (χ1v) is 21.7. The van der Waals surface area contributed by atoms with Gasteiger partial charge < -0.3 is 9.64 Å². The summed E-state index contributed by atoms with van der Waals surface area (Å²) in [4.78, 5) is 10.8. The summed E-state index contributed by atoms with van der Waals surface area (Å²) < 4.78 is 140. The number of rotatable bonds is 15. The highest BCUT2D eigenvalue weighted by molar-refractivity contribution is 7.87. The van der Waals surface area contributed by atoms with Crippen molar-refractivity contribution in [1.29, 1.82) is 0 Å². The summed E-state index contributed by atoms with van der Waals surface area (Å²) in [5, 5.41) is 0. The van der Waals surface area contributed by atoms with Gasteiger partial charge in [-0.15, -0.1) is 0 Å². The minimum atomic E-state index is -5.05. The largest absolute Gasteiger partial charge is 0.429 e. The standard InChI is InChI=1S/C32H38N2O14S4/c1-31(2)24-18-22(48-21-35)12-13-25(24)33(14-8-16-49(36,37)38)28(31)10-6-5-7-11-29-32(3,4)30-26(34(29)15-9-17-50(39,40)41)19-23(51(42,43)44)20-27(30)52(45,46)47/h5-7,10-13,18-21H,8-9,14-17H2,1-4H3,(H3-,36,37,38,39,40,41,42,43,44,45,46,47)/p+1. The second kappa shape index (κ2) is 14.6. The van der Waals surface area contributed by atoms with Gasteiger partial charge in [-0.1, -0.05) is 32.1 Å². The molecule has 52 heavy (non-hydrogen) atoms. The van der Waals surface area contributed by atoms with Crippen molar-refractivity contribution in [1.82, 2.24) is 0 Å². The van der Waals surface area contributed by atoms with Crippen LogP contribution in [0.2, 0.25) is 0 Å². The van der Waals surface area contributed by atoms with Gasteiger partial charge in [-0.25, -0.2) is 0 Å². The summed E-state index contributed by atoms with van der Waals surface area (Å²) in [7, 11) is -18.6. The quantitative estimate of drug-likeness (QED) is 0.0871. The lowest BCUT2D eigenvalue weighted by Crippen LogP contribution is -2.28. The predicted molar refractivity (Wildman–Crippen MR) is 191 cm³/mol. The Morgan fingerprint density at radius 1 is 0.788 bits per heavy atom. The Morgan fingerprint density at radius 2 is 1.42 bits per heavy atom. The summed E-state index contributed by atoms with van der Waals surface area (Å²) in [5.74, 6) is -0.840. The van der Waals surface area contributed by atoms with Crippen LogP contribution < -0.4 is 9.64 Å². The topological polar surface area (TPSA) is 250 Å². The van der Waals surface area contributed by atoms with Gasteiger partial charge in [-0.05, 0) is 50.6 Å². The van der Waals surface area contributed by atoms with Crippen molar-refractivity contribution < 1.29 is 66.0 Å². The SMILES string of the molecule is CC1(C)C(/C=C/C=C/C=C2/N(CCCS(=O)(=O)O)c3cc(S(=O)(=O)O)cc(S(=O)(=O)O)c3C2(C)C)=[N+](CCCS(=O)(=O)O)c2ccc(OC=O)cc21. The summed E-state index contributed by atoms with van der Waals surface area (Å²) >= 11 is 0. The van der Waals surface area contributed by atoms with Gasteiger partial charge in [0.2, 0.25) is 5.69 Å². The van der Waals surface area contributed by atoms with Gasteiger partial charge >= 0.3 is 0 Å². The van der Waals surface area contributed by atoms with E-state index in [1.54, 1.807) is 62.4 Å². The molecule has 0 fully saturated rings. The van der Waals surface area contributed by atoms with E-state index in [2.05, 4.69) is 0 Å². The fourth-order valence-electron chi connectivity index (χ4n) is 6.60. The fraction of sp³-hybridized carbons (Fsp3) is 0.375. The van der Waals surface area contributed by atoms with E-state index in [-0.39, 0.29) is 37.2 Å². The maximum atomic E-state index is 12.5. The van der Waals surface area contributed by atoms with Crippen LogP contribution in [0.4, 0.5) is 11.4 Å². The molecule has 2 aliphatic rings. The zero-order chi connectivity index (χ0) is 39.1. The first-order valence-electron chi connectivity index (χ1n) is 15.6. The van der Waals surface area contributed by atoms with Crippen molar-refractivity contribution in [3.63, 3.8) is 0 Å². The Balaban J connectivity index is 1.79. The molecule has 16 nitrogen and oxygen atoms in total. The van der Waals surface area contributed by atoms with E-state index in [1.165, 1.54) is 4.90 Å². The summed E-state index contributed by atoms with van der Waals surface area (Å²) in [6.45, 7) is 7.41. The average molecular weight is 804 g/mol. The Morgan fingerprint density at radius 3 is 2.00 bits per heavy atom. The zero-order valence-corrected chi connectivity index (χ0v) is 31.8. The molecule has 284 valence electrons. The number of hydrogen-bond donors (Lipinski definition) is 4. The van der Waals surface area contributed by atoms with Gasteiger partial charge in [0.05, 0.1) is 21.8 Å². The molecule has 0 aromatic heterocycles. The molecule has 0 amide bonds. The third-order valence-corrected chi connectivity index (χ3v) is 12.1. The van der Waals surface area contributed by atoms with E-state index in [0.717, 1.165) is 23.0 Å². The van der Waals surface area contributed by atoms with Crippen LogP contribution in [0.5, 0.6) is 5.75 Å². The molecule has 0 radical (unpaired) electrons. The van der Waals surface area contributed by atoms with Crippen LogP contribution in [0.25, 0.3) is 0 Å². The van der Waals surface area contributed by atoms with Crippen LogP contribution in [0.15, 0.2) is 76.2 Å². The summed E-state index contributed by atoms with van der Waals surface area (Å²) in [6.07, 6.45) is 8.15. The van der Waals surface area contributed by atoms with Gasteiger partial charge in [0.25, 0.3) is 46.9 Å². The third kappa shape index (κ3) is 9.05. The Hall–Kier alpha value is -3.76. The van der Waals surface area contributed by atoms with Crippen LogP contribution in [0.3, 0.4) is 0 Å². The fourth-order valence-corrected chi connectivity index (χ4v) is 9.08. The van der Waals surface area contributed by atoms with Gasteiger partial charge in [0.1, 0.15) is 17.2 Å². The van der Waals surface area contributed by atoms with Crippen molar-refractivity contribution >= 4 is 64.0 Å². The highest BCUT2D eigenvalue weighted by Crippen LogP contribution is 2.51. The number of nitrogens with zero attached hydrogens (tertiary/aromatic N) is 2. The molecular formula is C32H39N2O14S4+. The van der Waals surface area contributed by atoms with E-state index in [9.17, 15) is 56.7 Å². The number of benzene rings is 2. The first kappa shape index (κ1) is 41.0. The van der Waals surface area contributed by atoms with Crippen LogP contribution >= 0.6 is 0 Å². The zero-order valence-electron chi connectivity index (χ0n) is 28.5. The summed E-state index contributed by atoms with van der Waals surface area (Å²) in [5.41, 5.74) is 0.656. The number of ether oxygens (including phenoxy) is 1. The summed E-state index contributed by atoms with van der Waals surface area (Å²) in [6, 6.07) is 6.67. The Labute approximate surface area is 302 Å². The smallest absolute Gasteiger partial charge is 0.298 e. The lowest BCUT2D eigenvalue weighted by atomic mass is 9.81. The molecule has 0 atom stereocenters. The molecule has 2 aliphatic heterocycles. The van der Waals surface area contributed by atoms with Crippen molar-refractivity contribution in [2.45, 2.75) is 61.2 Å². The Kier molecular flexibility index (Phi) is 11.5. The number of hydrogen-bond acceptors (Lipinski definition) is 11. The lowest BCUT2D eigenvalue weighted by Gasteiger charge is -2.27. The van der Waals surface area contributed by atoms with Crippen LogP contribution in [0, 0.1) is 0 Å². The second-order valence-corrected chi connectivity index (χ2v) is 19.1. The molecule has 0 spiro atoms. The van der Waals surface area contributed by atoms with Crippen LogP contribution in [-0.4, -0.2) is 93.2 Å². The number of carbonyl (C=O) groups excluding carboxylic acids is 1.